The molecule has 5 aromatic rings. The standard InChI is InChI=1S/C24H17ClN6OS2/c25-18-7-4-8-19(13-18)31-22(17-9-11-26-12-10-17)29-30-24(31)34-15-21(32)28-23-27-20(14-33-23)16-5-2-1-3-6-16/h1-14H,15H2,(H,27,28,32). The van der Waals surface area contributed by atoms with Gasteiger partial charge >= 0.3 is 0 Å². The van der Waals surface area contributed by atoms with Gasteiger partial charge in [-0.15, -0.1) is 21.5 Å². The van der Waals surface area contributed by atoms with Crippen molar-refractivity contribution in [3.05, 3.63) is 89.5 Å². The minimum Gasteiger partial charge on any atom is -0.301 e. The second-order valence-corrected chi connectivity index (χ2v) is 9.34. The minimum absolute atomic E-state index is 0.148. The summed E-state index contributed by atoms with van der Waals surface area (Å²) in [6.45, 7) is 0. The van der Waals surface area contributed by atoms with Crippen LogP contribution in [0.15, 0.2) is 89.7 Å². The number of benzene rings is 2. The van der Waals surface area contributed by atoms with Crippen molar-refractivity contribution in [3.63, 3.8) is 0 Å². The average Bonchev–Trinajstić information content (AvgIpc) is 3.51. The van der Waals surface area contributed by atoms with Gasteiger partial charge in [0.2, 0.25) is 5.91 Å². The van der Waals surface area contributed by atoms with Crippen LogP contribution in [0.2, 0.25) is 5.02 Å². The van der Waals surface area contributed by atoms with Gasteiger partial charge in [-0.3, -0.25) is 14.3 Å². The topological polar surface area (TPSA) is 85.6 Å². The van der Waals surface area contributed by atoms with E-state index in [2.05, 4.69) is 25.5 Å². The molecule has 0 spiro atoms. The highest BCUT2D eigenvalue weighted by molar-refractivity contribution is 7.99. The van der Waals surface area contributed by atoms with Gasteiger partial charge in [0.15, 0.2) is 16.1 Å². The van der Waals surface area contributed by atoms with Crippen LogP contribution in [0, 0.1) is 0 Å². The van der Waals surface area contributed by atoms with Crippen molar-refractivity contribution >= 4 is 45.7 Å². The summed E-state index contributed by atoms with van der Waals surface area (Å²) in [4.78, 5) is 21.2. The number of thioether (sulfide) groups is 1. The monoisotopic (exact) mass is 504 g/mol. The molecule has 0 saturated heterocycles. The number of halogens is 1. The van der Waals surface area contributed by atoms with Crippen LogP contribution in [0.25, 0.3) is 28.3 Å². The first-order chi connectivity index (χ1) is 16.7. The molecule has 5 rings (SSSR count). The summed E-state index contributed by atoms with van der Waals surface area (Å²) in [5, 5.41) is 15.2. The van der Waals surface area contributed by atoms with Gasteiger partial charge in [0.05, 0.1) is 17.1 Å². The number of pyridine rings is 1. The van der Waals surface area contributed by atoms with Gasteiger partial charge in [-0.25, -0.2) is 4.98 Å². The molecular weight excluding hydrogens is 488 g/mol. The van der Waals surface area contributed by atoms with Crippen LogP contribution in [0.4, 0.5) is 5.13 Å². The molecule has 3 heterocycles. The number of amides is 1. The first-order valence-corrected chi connectivity index (χ1v) is 12.5. The first kappa shape index (κ1) is 22.3. The van der Waals surface area contributed by atoms with Crippen molar-refractivity contribution in [2.24, 2.45) is 0 Å². The molecule has 0 unspecified atom stereocenters. The lowest BCUT2D eigenvalue weighted by Gasteiger charge is -2.10. The predicted molar refractivity (Wildman–Crippen MR) is 137 cm³/mol. The highest BCUT2D eigenvalue weighted by Crippen LogP contribution is 2.29. The van der Waals surface area contributed by atoms with E-state index in [9.17, 15) is 4.79 Å². The Hall–Kier alpha value is -3.53. The number of carbonyl (C=O) groups excluding carboxylic acids is 1. The van der Waals surface area contributed by atoms with Crippen LogP contribution in [0.1, 0.15) is 0 Å². The van der Waals surface area contributed by atoms with Crippen LogP contribution in [0.3, 0.4) is 0 Å². The van der Waals surface area contributed by atoms with Crippen LogP contribution in [0.5, 0.6) is 0 Å². The molecule has 0 aliphatic rings. The summed E-state index contributed by atoms with van der Waals surface area (Å²) >= 11 is 8.92. The van der Waals surface area contributed by atoms with E-state index in [0.29, 0.717) is 21.1 Å². The molecule has 3 aromatic heterocycles. The molecule has 1 amide bonds. The summed E-state index contributed by atoms with van der Waals surface area (Å²) in [5.41, 5.74) is 3.50. The maximum absolute atomic E-state index is 12.7. The molecule has 2 aromatic carbocycles. The van der Waals surface area contributed by atoms with E-state index in [1.807, 2.05) is 70.6 Å². The number of aromatic nitrogens is 5. The minimum atomic E-state index is -0.176. The van der Waals surface area contributed by atoms with Crippen molar-refractivity contribution in [2.45, 2.75) is 5.16 Å². The van der Waals surface area contributed by atoms with Crippen LogP contribution >= 0.6 is 34.7 Å². The Morgan fingerprint density at radius 3 is 2.62 bits per heavy atom. The Morgan fingerprint density at radius 1 is 1.00 bits per heavy atom. The second kappa shape index (κ2) is 10.2. The second-order valence-electron chi connectivity index (χ2n) is 7.10. The molecule has 10 heteroatoms. The number of carbonyl (C=O) groups is 1. The van der Waals surface area contributed by atoms with Gasteiger partial charge in [-0.1, -0.05) is 59.8 Å². The van der Waals surface area contributed by atoms with Crippen LogP contribution in [-0.2, 0) is 4.79 Å². The molecule has 1 N–H and O–H groups in total. The smallest absolute Gasteiger partial charge is 0.236 e. The van der Waals surface area contributed by atoms with Crippen LogP contribution in [-0.4, -0.2) is 36.4 Å². The maximum Gasteiger partial charge on any atom is 0.236 e. The maximum atomic E-state index is 12.7. The van der Waals surface area contributed by atoms with E-state index >= 15 is 0 Å². The highest BCUT2D eigenvalue weighted by Gasteiger charge is 2.18. The van der Waals surface area contributed by atoms with Crippen molar-refractivity contribution in [2.75, 3.05) is 11.1 Å². The molecular formula is C24H17ClN6OS2. The first-order valence-electron chi connectivity index (χ1n) is 10.2. The molecule has 0 atom stereocenters. The van der Waals surface area contributed by atoms with E-state index in [1.165, 1.54) is 23.1 Å². The van der Waals surface area contributed by atoms with Gasteiger partial charge < -0.3 is 5.32 Å². The third-order valence-electron chi connectivity index (χ3n) is 4.79. The summed E-state index contributed by atoms with van der Waals surface area (Å²) in [7, 11) is 0. The SMILES string of the molecule is O=C(CSc1nnc(-c2ccncc2)n1-c1cccc(Cl)c1)Nc1nc(-c2ccccc2)cs1. The number of hydrogen-bond acceptors (Lipinski definition) is 7. The number of nitrogens with one attached hydrogen (secondary N) is 1. The van der Waals surface area contributed by atoms with Crippen molar-refractivity contribution in [1.29, 1.82) is 0 Å². The third kappa shape index (κ3) is 5.01. The molecule has 0 fully saturated rings. The normalized spacial score (nSPS) is 10.9. The number of nitrogens with zero attached hydrogens (tertiary/aromatic N) is 5. The van der Waals surface area contributed by atoms with Gasteiger partial charge in [0, 0.05) is 33.9 Å². The lowest BCUT2D eigenvalue weighted by Crippen LogP contribution is -2.14. The fourth-order valence-electron chi connectivity index (χ4n) is 3.26. The molecule has 168 valence electrons. The lowest BCUT2D eigenvalue weighted by atomic mass is 10.2. The van der Waals surface area contributed by atoms with Crippen molar-refractivity contribution < 1.29 is 4.79 Å². The Bertz CT molecular complexity index is 1420. The lowest BCUT2D eigenvalue weighted by molar-refractivity contribution is -0.113. The van der Waals surface area contributed by atoms with Crippen molar-refractivity contribution in [1.82, 2.24) is 24.7 Å². The Morgan fingerprint density at radius 2 is 1.82 bits per heavy atom. The van der Waals surface area contributed by atoms with Crippen molar-refractivity contribution in [3.8, 4) is 28.3 Å². The average molecular weight is 505 g/mol. The van der Waals surface area contributed by atoms with Gasteiger partial charge in [-0.05, 0) is 30.3 Å². The summed E-state index contributed by atoms with van der Waals surface area (Å²) in [6, 6.07) is 21.0. The Labute approximate surface area is 208 Å². The number of hydrogen-bond donors (Lipinski definition) is 1. The fraction of sp³-hybridized carbons (Fsp3) is 0.0417. The number of anilines is 1. The largest absolute Gasteiger partial charge is 0.301 e. The highest BCUT2D eigenvalue weighted by atomic mass is 35.5. The predicted octanol–water partition coefficient (Wildman–Crippen LogP) is 5.84. The number of rotatable bonds is 7. The van der Waals surface area contributed by atoms with Gasteiger partial charge in [-0.2, -0.15) is 0 Å². The fourth-order valence-corrected chi connectivity index (χ4v) is 4.93. The summed E-state index contributed by atoms with van der Waals surface area (Å²) in [5.74, 6) is 0.611. The molecule has 7 nitrogen and oxygen atoms in total. The zero-order chi connectivity index (χ0) is 23.3. The van der Waals surface area contributed by atoms with E-state index in [4.69, 9.17) is 11.6 Å². The molecule has 0 bridgehead atoms. The molecule has 0 radical (unpaired) electrons. The van der Waals surface area contributed by atoms with E-state index < -0.39 is 0 Å². The zero-order valence-corrected chi connectivity index (χ0v) is 20.0. The van der Waals surface area contributed by atoms with E-state index in [-0.39, 0.29) is 11.7 Å². The molecule has 0 aliphatic heterocycles. The number of thiazole rings is 1. The zero-order valence-electron chi connectivity index (χ0n) is 17.6. The Balaban J connectivity index is 1.34. The van der Waals surface area contributed by atoms with Gasteiger partial charge in [0.1, 0.15) is 0 Å². The molecule has 34 heavy (non-hydrogen) atoms. The van der Waals surface area contributed by atoms with Crippen LogP contribution < -0.4 is 5.32 Å². The van der Waals surface area contributed by atoms with Gasteiger partial charge in [0.25, 0.3) is 0 Å². The summed E-state index contributed by atoms with van der Waals surface area (Å²) in [6.07, 6.45) is 3.40. The third-order valence-corrected chi connectivity index (χ3v) is 6.71. The molecule has 0 saturated carbocycles. The van der Waals surface area contributed by atoms with E-state index in [0.717, 1.165) is 22.5 Å². The summed E-state index contributed by atoms with van der Waals surface area (Å²) < 4.78 is 1.88. The quantitative estimate of drug-likeness (QED) is 0.280. The Kier molecular flexibility index (Phi) is 6.66. The van der Waals surface area contributed by atoms with E-state index in [1.54, 1.807) is 18.5 Å². The molecule has 0 aliphatic carbocycles.